The first-order valence-electron chi connectivity index (χ1n) is 6.32. The van der Waals surface area contributed by atoms with Gasteiger partial charge < -0.3 is 5.32 Å². The van der Waals surface area contributed by atoms with Crippen molar-refractivity contribution in [3.8, 4) is 0 Å². The summed E-state index contributed by atoms with van der Waals surface area (Å²) in [6.07, 6.45) is 1.73. The molecular formula is C15H14N4O. The van der Waals surface area contributed by atoms with Crippen molar-refractivity contribution >= 4 is 22.5 Å². The predicted molar refractivity (Wildman–Crippen MR) is 77.8 cm³/mol. The molecule has 0 aliphatic carbocycles. The van der Waals surface area contributed by atoms with Crippen LogP contribution in [0.25, 0.3) is 10.9 Å². The van der Waals surface area contributed by atoms with E-state index < -0.39 is 0 Å². The van der Waals surface area contributed by atoms with E-state index in [2.05, 4.69) is 20.5 Å². The molecule has 2 aromatic heterocycles. The zero-order chi connectivity index (χ0) is 14.1. The van der Waals surface area contributed by atoms with E-state index in [9.17, 15) is 4.79 Å². The zero-order valence-electron chi connectivity index (χ0n) is 11.3. The molecule has 3 rings (SSSR count). The van der Waals surface area contributed by atoms with Gasteiger partial charge in [-0.05, 0) is 38.1 Å². The Morgan fingerprint density at radius 3 is 2.85 bits per heavy atom. The summed E-state index contributed by atoms with van der Waals surface area (Å²) in [6.45, 7) is 3.80. The Hall–Kier alpha value is -2.69. The standard InChI is InChI=1S/C15H14N4O/c1-9-3-6-13(10(2)17-9)18-15(20)11-4-5-12-8-16-19-14(12)7-11/h3-8H,1-2H3,(H,16,19)(H,18,20). The summed E-state index contributed by atoms with van der Waals surface area (Å²) in [5, 5.41) is 10.7. The number of nitrogens with zero attached hydrogens (tertiary/aromatic N) is 2. The number of rotatable bonds is 2. The molecule has 20 heavy (non-hydrogen) atoms. The lowest BCUT2D eigenvalue weighted by atomic mass is 10.1. The average Bonchev–Trinajstić information content (AvgIpc) is 2.89. The van der Waals surface area contributed by atoms with Gasteiger partial charge >= 0.3 is 0 Å². The fourth-order valence-corrected chi connectivity index (χ4v) is 2.09. The van der Waals surface area contributed by atoms with Crippen molar-refractivity contribution in [2.75, 3.05) is 5.32 Å². The molecule has 3 aromatic rings. The lowest BCUT2D eigenvalue weighted by molar-refractivity contribution is 0.102. The summed E-state index contributed by atoms with van der Waals surface area (Å²) in [4.78, 5) is 16.6. The van der Waals surface area contributed by atoms with Gasteiger partial charge in [0.2, 0.25) is 0 Å². The molecular weight excluding hydrogens is 252 g/mol. The van der Waals surface area contributed by atoms with Crippen molar-refractivity contribution in [3.63, 3.8) is 0 Å². The molecule has 2 heterocycles. The molecule has 1 amide bonds. The molecule has 0 fully saturated rings. The highest BCUT2D eigenvalue weighted by molar-refractivity contribution is 6.06. The predicted octanol–water partition coefficient (Wildman–Crippen LogP) is 2.83. The smallest absolute Gasteiger partial charge is 0.255 e. The summed E-state index contributed by atoms with van der Waals surface area (Å²) in [5.41, 5.74) is 3.89. The number of pyridine rings is 1. The normalized spacial score (nSPS) is 10.7. The summed E-state index contributed by atoms with van der Waals surface area (Å²) in [5.74, 6) is -0.157. The van der Waals surface area contributed by atoms with Crippen molar-refractivity contribution in [1.29, 1.82) is 0 Å². The van der Waals surface area contributed by atoms with Gasteiger partial charge in [-0.3, -0.25) is 14.9 Å². The number of nitrogens with one attached hydrogen (secondary N) is 2. The number of benzene rings is 1. The maximum atomic E-state index is 12.2. The third kappa shape index (κ3) is 2.25. The van der Waals surface area contributed by atoms with E-state index in [1.54, 1.807) is 18.3 Å². The van der Waals surface area contributed by atoms with Crippen LogP contribution in [0.4, 0.5) is 5.69 Å². The number of amides is 1. The van der Waals surface area contributed by atoms with Crippen LogP contribution in [0.1, 0.15) is 21.7 Å². The average molecular weight is 266 g/mol. The van der Waals surface area contributed by atoms with Gasteiger partial charge in [0.1, 0.15) is 0 Å². The highest BCUT2D eigenvalue weighted by atomic mass is 16.1. The maximum Gasteiger partial charge on any atom is 0.255 e. The monoisotopic (exact) mass is 266 g/mol. The molecule has 0 spiro atoms. The molecule has 100 valence electrons. The van der Waals surface area contributed by atoms with E-state index in [0.29, 0.717) is 5.56 Å². The summed E-state index contributed by atoms with van der Waals surface area (Å²) in [7, 11) is 0. The van der Waals surface area contributed by atoms with Crippen LogP contribution in [0.2, 0.25) is 0 Å². The molecule has 0 radical (unpaired) electrons. The van der Waals surface area contributed by atoms with Gasteiger partial charge in [0, 0.05) is 16.6 Å². The van der Waals surface area contributed by atoms with Crippen LogP contribution < -0.4 is 5.32 Å². The van der Waals surface area contributed by atoms with Crippen LogP contribution in [0.5, 0.6) is 0 Å². The minimum atomic E-state index is -0.157. The second-order valence-electron chi connectivity index (χ2n) is 4.71. The Labute approximate surface area is 116 Å². The molecule has 0 atom stereocenters. The van der Waals surface area contributed by atoms with Crippen LogP contribution in [0.3, 0.4) is 0 Å². The number of carbonyl (C=O) groups is 1. The van der Waals surface area contributed by atoms with Gasteiger partial charge in [-0.2, -0.15) is 5.10 Å². The maximum absolute atomic E-state index is 12.2. The van der Waals surface area contributed by atoms with E-state index in [-0.39, 0.29) is 5.91 Å². The minimum absolute atomic E-state index is 0.157. The number of carbonyl (C=O) groups excluding carboxylic acids is 1. The van der Waals surface area contributed by atoms with Crippen LogP contribution in [0.15, 0.2) is 36.5 Å². The van der Waals surface area contributed by atoms with Gasteiger partial charge in [-0.25, -0.2) is 0 Å². The fourth-order valence-electron chi connectivity index (χ4n) is 2.09. The molecule has 0 bridgehead atoms. The molecule has 5 nitrogen and oxygen atoms in total. The molecule has 0 aliphatic rings. The number of aryl methyl sites for hydroxylation is 2. The summed E-state index contributed by atoms with van der Waals surface area (Å²) >= 11 is 0. The van der Waals surface area contributed by atoms with Gasteiger partial charge in [0.25, 0.3) is 5.91 Å². The van der Waals surface area contributed by atoms with E-state index in [1.165, 1.54) is 0 Å². The SMILES string of the molecule is Cc1ccc(NC(=O)c2ccc3cn[nH]c3c2)c(C)n1. The Bertz CT molecular complexity index is 791. The Morgan fingerprint density at radius 2 is 2.05 bits per heavy atom. The first kappa shape index (κ1) is 12.3. The van der Waals surface area contributed by atoms with Crippen LogP contribution >= 0.6 is 0 Å². The first-order chi connectivity index (χ1) is 9.63. The molecule has 2 N–H and O–H groups in total. The molecule has 0 saturated heterocycles. The molecule has 5 heteroatoms. The number of fused-ring (bicyclic) bond motifs is 1. The number of H-pyrrole nitrogens is 1. The van der Waals surface area contributed by atoms with E-state index in [4.69, 9.17) is 0 Å². The lowest BCUT2D eigenvalue weighted by Crippen LogP contribution is -2.13. The lowest BCUT2D eigenvalue weighted by Gasteiger charge is -2.08. The largest absolute Gasteiger partial charge is 0.320 e. The Morgan fingerprint density at radius 1 is 1.20 bits per heavy atom. The molecule has 0 saturated carbocycles. The number of hydrogen-bond acceptors (Lipinski definition) is 3. The Kier molecular flexibility index (Phi) is 2.95. The minimum Gasteiger partial charge on any atom is -0.320 e. The van der Waals surface area contributed by atoms with Crippen molar-refractivity contribution in [3.05, 3.63) is 53.5 Å². The number of aromatic nitrogens is 3. The number of aromatic amines is 1. The summed E-state index contributed by atoms with van der Waals surface area (Å²) in [6, 6.07) is 9.18. The van der Waals surface area contributed by atoms with Gasteiger partial charge in [-0.1, -0.05) is 6.07 Å². The second-order valence-corrected chi connectivity index (χ2v) is 4.71. The first-order valence-corrected chi connectivity index (χ1v) is 6.32. The van der Waals surface area contributed by atoms with Crippen molar-refractivity contribution in [2.24, 2.45) is 0 Å². The van der Waals surface area contributed by atoms with Crippen molar-refractivity contribution in [2.45, 2.75) is 13.8 Å². The van der Waals surface area contributed by atoms with Crippen molar-refractivity contribution in [1.82, 2.24) is 15.2 Å². The fraction of sp³-hybridized carbons (Fsp3) is 0.133. The third-order valence-corrected chi connectivity index (χ3v) is 3.18. The van der Waals surface area contributed by atoms with Gasteiger partial charge in [0.15, 0.2) is 0 Å². The quantitative estimate of drug-likeness (QED) is 0.749. The number of anilines is 1. The van der Waals surface area contributed by atoms with E-state index in [0.717, 1.165) is 28.0 Å². The third-order valence-electron chi connectivity index (χ3n) is 3.18. The Balaban J connectivity index is 1.88. The molecule has 0 unspecified atom stereocenters. The highest BCUT2D eigenvalue weighted by Crippen LogP contribution is 2.16. The van der Waals surface area contributed by atoms with E-state index in [1.807, 2.05) is 32.0 Å². The van der Waals surface area contributed by atoms with Crippen LogP contribution in [0, 0.1) is 13.8 Å². The molecule has 0 aliphatic heterocycles. The van der Waals surface area contributed by atoms with Crippen molar-refractivity contribution < 1.29 is 4.79 Å². The van der Waals surface area contributed by atoms with E-state index >= 15 is 0 Å². The summed E-state index contributed by atoms with van der Waals surface area (Å²) < 4.78 is 0. The second kappa shape index (κ2) is 4.77. The van der Waals surface area contributed by atoms with Crippen LogP contribution in [-0.2, 0) is 0 Å². The highest BCUT2D eigenvalue weighted by Gasteiger charge is 2.09. The van der Waals surface area contributed by atoms with Crippen LogP contribution in [-0.4, -0.2) is 21.1 Å². The topological polar surface area (TPSA) is 70.7 Å². The zero-order valence-corrected chi connectivity index (χ0v) is 11.3. The van der Waals surface area contributed by atoms with Gasteiger partial charge in [-0.15, -0.1) is 0 Å². The number of hydrogen-bond donors (Lipinski definition) is 2. The molecule has 1 aromatic carbocycles. The van der Waals surface area contributed by atoms with Gasteiger partial charge in [0.05, 0.1) is 23.1 Å².